The molecule has 1 amide bonds. The molecular weight excluding hydrogens is 336 g/mol. The fourth-order valence-electron chi connectivity index (χ4n) is 2.49. The van der Waals surface area contributed by atoms with Crippen molar-refractivity contribution >= 4 is 15.6 Å². The van der Waals surface area contributed by atoms with Gasteiger partial charge in [-0.1, -0.05) is 30.3 Å². The smallest absolute Gasteiger partial charge is 0.301 e. The molecule has 3 rings (SSSR count). The molecule has 3 aromatic rings. The van der Waals surface area contributed by atoms with Crippen LogP contribution in [0.5, 0.6) is 0 Å². The molecule has 0 bridgehead atoms. The summed E-state index contributed by atoms with van der Waals surface area (Å²) in [6.07, 6.45) is 6.20. The Bertz CT molecular complexity index is 995. The van der Waals surface area contributed by atoms with Gasteiger partial charge in [0.2, 0.25) is 0 Å². The van der Waals surface area contributed by atoms with E-state index in [0.717, 1.165) is 18.5 Å². The zero-order chi connectivity index (χ0) is 17.9. The summed E-state index contributed by atoms with van der Waals surface area (Å²) in [5, 5.41) is 3.98. The molecule has 0 spiro atoms. The Morgan fingerprint density at radius 3 is 2.64 bits per heavy atom. The first-order valence-electron chi connectivity index (χ1n) is 7.91. The molecule has 7 heteroatoms. The maximum Gasteiger partial charge on any atom is 0.301 e. The monoisotopic (exact) mass is 356 g/mol. The van der Waals surface area contributed by atoms with Gasteiger partial charge < -0.3 is 4.98 Å². The molecule has 1 N–H and O–H groups in total. The second-order valence-electron chi connectivity index (χ2n) is 5.93. The zero-order valence-corrected chi connectivity index (χ0v) is 15.0. The topological polar surface area (TPSA) is 80.1 Å². The summed E-state index contributed by atoms with van der Waals surface area (Å²) in [6, 6.07) is 13.7. The van der Waals surface area contributed by atoms with Gasteiger partial charge in [-0.3, -0.25) is 9.48 Å². The number of hydrogen-bond acceptors (Lipinski definition) is 3. The van der Waals surface area contributed by atoms with Crippen LogP contribution in [-0.2, 0) is 29.6 Å². The maximum atomic E-state index is 12.6. The lowest BCUT2D eigenvalue weighted by Crippen LogP contribution is -2.04. The van der Waals surface area contributed by atoms with Gasteiger partial charge in [-0.15, -0.1) is 0 Å². The van der Waals surface area contributed by atoms with Crippen molar-refractivity contribution in [2.75, 3.05) is 6.26 Å². The minimum absolute atomic E-state index is 0.349. The molecule has 6 nitrogen and oxygen atoms in total. The third-order valence-corrected chi connectivity index (χ3v) is 5.48. The normalized spacial score (nSPS) is 13.4. The highest BCUT2D eigenvalue weighted by Crippen LogP contribution is 2.13. The Labute approximate surface area is 147 Å². The molecular formula is C18H20N4O2S. The Morgan fingerprint density at radius 1 is 1.20 bits per heavy atom. The van der Waals surface area contributed by atoms with Gasteiger partial charge in [0.15, 0.2) is 0 Å². The molecule has 0 aliphatic carbocycles. The van der Waals surface area contributed by atoms with Crippen LogP contribution in [0.3, 0.4) is 0 Å². The van der Waals surface area contributed by atoms with E-state index >= 15 is 0 Å². The highest BCUT2D eigenvalue weighted by atomic mass is 32.2. The van der Waals surface area contributed by atoms with Gasteiger partial charge in [0, 0.05) is 25.2 Å². The van der Waals surface area contributed by atoms with Crippen molar-refractivity contribution in [1.29, 1.82) is 0 Å². The Balaban J connectivity index is 1.72. The maximum absolute atomic E-state index is 12.6. The van der Waals surface area contributed by atoms with E-state index in [4.69, 9.17) is 0 Å². The molecule has 1 unspecified atom stereocenters. The first kappa shape index (κ1) is 17.2. The molecule has 0 aliphatic rings. The average Bonchev–Trinajstić information content (AvgIpc) is 3.23. The number of nitrogens with one attached hydrogen (secondary N) is 1. The van der Waals surface area contributed by atoms with Crippen LogP contribution in [-0.4, -0.2) is 31.1 Å². The fourth-order valence-corrected chi connectivity index (χ4v) is 3.60. The molecule has 2 aromatic heterocycles. The lowest BCUT2D eigenvalue weighted by atomic mass is 10.1. The number of carbonyl (C=O) groups is 1. The van der Waals surface area contributed by atoms with Gasteiger partial charge in [0.25, 0.3) is 0 Å². The lowest BCUT2D eigenvalue weighted by Gasteiger charge is -2.00. The van der Waals surface area contributed by atoms with Crippen molar-refractivity contribution in [3.8, 4) is 0 Å². The van der Waals surface area contributed by atoms with Crippen LogP contribution in [0.1, 0.15) is 21.7 Å². The van der Waals surface area contributed by atoms with Crippen molar-refractivity contribution < 1.29 is 9.00 Å². The SMILES string of the molecule is Cn1cc(S(C)(=O)=NC(=O)c2ccc(CCc3ccccc3)[nH]2)cn1. The highest BCUT2D eigenvalue weighted by Gasteiger charge is 2.14. The second kappa shape index (κ2) is 7.06. The summed E-state index contributed by atoms with van der Waals surface area (Å²) in [7, 11) is -1.08. The van der Waals surface area contributed by atoms with Crippen LogP contribution in [0.4, 0.5) is 0 Å². The molecule has 1 aromatic carbocycles. The minimum Gasteiger partial charge on any atom is -0.354 e. The van der Waals surface area contributed by atoms with Gasteiger partial charge in [0.05, 0.1) is 20.8 Å². The van der Waals surface area contributed by atoms with Crippen molar-refractivity contribution in [3.05, 3.63) is 71.8 Å². The van der Waals surface area contributed by atoms with Crippen molar-refractivity contribution in [2.24, 2.45) is 11.4 Å². The molecule has 1 atom stereocenters. The van der Waals surface area contributed by atoms with E-state index in [-0.39, 0.29) is 0 Å². The fraction of sp³-hybridized carbons (Fsp3) is 0.222. The van der Waals surface area contributed by atoms with Crippen molar-refractivity contribution in [2.45, 2.75) is 17.7 Å². The van der Waals surface area contributed by atoms with Crippen LogP contribution in [0, 0.1) is 0 Å². The molecule has 0 saturated carbocycles. The van der Waals surface area contributed by atoms with Crippen LogP contribution >= 0.6 is 0 Å². The Kier molecular flexibility index (Phi) is 4.85. The number of nitrogens with zero attached hydrogens (tertiary/aromatic N) is 3. The van der Waals surface area contributed by atoms with Crippen molar-refractivity contribution in [1.82, 2.24) is 14.8 Å². The number of aryl methyl sites for hydroxylation is 3. The van der Waals surface area contributed by atoms with E-state index in [1.165, 1.54) is 22.7 Å². The summed E-state index contributed by atoms with van der Waals surface area (Å²) in [5.74, 6) is -0.512. The van der Waals surface area contributed by atoms with E-state index in [2.05, 4.69) is 26.6 Å². The first-order valence-corrected chi connectivity index (χ1v) is 9.83. The van der Waals surface area contributed by atoms with Crippen LogP contribution in [0.25, 0.3) is 0 Å². The number of amides is 1. The first-order chi connectivity index (χ1) is 11.9. The Morgan fingerprint density at radius 2 is 1.96 bits per heavy atom. The van der Waals surface area contributed by atoms with Gasteiger partial charge in [-0.05, 0) is 30.5 Å². The van der Waals surface area contributed by atoms with Gasteiger partial charge in [-0.25, -0.2) is 4.21 Å². The molecule has 0 aliphatic heterocycles. The number of rotatable bonds is 5. The minimum atomic E-state index is -2.81. The molecule has 0 radical (unpaired) electrons. The number of aromatic nitrogens is 3. The van der Waals surface area contributed by atoms with Crippen molar-refractivity contribution in [3.63, 3.8) is 0 Å². The van der Waals surface area contributed by atoms with E-state index < -0.39 is 15.6 Å². The summed E-state index contributed by atoms with van der Waals surface area (Å²) in [5.41, 5.74) is 2.54. The summed E-state index contributed by atoms with van der Waals surface area (Å²) in [6.45, 7) is 0. The summed E-state index contributed by atoms with van der Waals surface area (Å²) < 4.78 is 18.1. The number of H-pyrrole nitrogens is 1. The lowest BCUT2D eigenvalue weighted by molar-refractivity contribution is 0.100. The Hall–Kier alpha value is -2.67. The largest absolute Gasteiger partial charge is 0.354 e. The number of aromatic amines is 1. The van der Waals surface area contributed by atoms with E-state index in [9.17, 15) is 9.00 Å². The quantitative estimate of drug-likeness (QED) is 0.763. The summed E-state index contributed by atoms with van der Waals surface area (Å²) in [4.78, 5) is 15.8. The average molecular weight is 356 g/mol. The van der Waals surface area contributed by atoms with Crippen LogP contribution in [0.2, 0.25) is 0 Å². The molecule has 0 fully saturated rings. The van der Waals surface area contributed by atoms with Crippen LogP contribution in [0.15, 0.2) is 64.1 Å². The molecule has 2 heterocycles. The standard InChI is InChI=1S/C18H20N4O2S/c1-22-13-16(12-19-22)25(2,24)21-18(23)17-11-10-15(20-17)9-8-14-6-4-3-5-7-14/h3-7,10-13,20H,8-9H2,1-2H3. The molecule has 25 heavy (non-hydrogen) atoms. The highest BCUT2D eigenvalue weighted by molar-refractivity contribution is 7.93. The molecule has 0 saturated heterocycles. The van der Waals surface area contributed by atoms with Gasteiger partial charge in [-0.2, -0.15) is 9.46 Å². The predicted molar refractivity (Wildman–Crippen MR) is 96.9 cm³/mol. The third kappa shape index (κ3) is 4.24. The predicted octanol–water partition coefficient (Wildman–Crippen LogP) is 2.83. The van der Waals surface area contributed by atoms with Gasteiger partial charge in [0.1, 0.15) is 5.69 Å². The number of hydrogen-bond donors (Lipinski definition) is 1. The molecule has 130 valence electrons. The van der Waals surface area contributed by atoms with E-state index in [1.807, 2.05) is 24.3 Å². The van der Waals surface area contributed by atoms with E-state index in [0.29, 0.717) is 10.6 Å². The zero-order valence-electron chi connectivity index (χ0n) is 14.2. The third-order valence-electron chi connectivity index (χ3n) is 3.88. The van der Waals surface area contributed by atoms with Crippen LogP contribution < -0.4 is 0 Å². The number of benzene rings is 1. The number of carbonyl (C=O) groups excluding carboxylic acids is 1. The van der Waals surface area contributed by atoms with Gasteiger partial charge >= 0.3 is 5.91 Å². The second-order valence-corrected chi connectivity index (χ2v) is 8.19. The summed E-state index contributed by atoms with van der Waals surface area (Å²) >= 11 is 0. The van der Waals surface area contributed by atoms with E-state index in [1.54, 1.807) is 19.3 Å².